The zero-order chi connectivity index (χ0) is 19.5. The van der Waals surface area contributed by atoms with Crippen LogP contribution in [0.4, 0.5) is 0 Å². The molecule has 0 aliphatic carbocycles. The predicted molar refractivity (Wildman–Crippen MR) is 111 cm³/mol. The number of likely N-dealkylation sites (tertiary alicyclic amines) is 1. The number of aryl methyl sites for hydroxylation is 2. The number of carbonyl (C=O) groups excluding carboxylic acids is 1. The maximum Gasteiger partial charge on any atom is 0.254 e. The lowest BCUT2D eigenvalue weighted by atomic mass is 9.93. The summed E-state index contributed by atoms with van der Waals surface area (Å²) in [5.74, 6) is 1.12. The van der Waals surface area contributed by atoms with Crippen LogP contribution in [-0.4, -0.2) is 33.9 Å². The molecule has 142 valence electrons. The van der Waals surface area contributed by atoms with Gasteiger partial charge in [-0.15, -0.1) is 0 Å². The van der Waals surface area contributed by atoms with Crippen molar-refractivity contribution >= 4 is 5.91 Å². The lowest BCUT2D eigenvalue weighted by Gasteiger charge is -2.33. The summed E-state index contributed by atoms with van der Waals surface area (Å²) in [5, 5.41) is 0. The summed E-state index contributed by atoms with van der Waals surface area (Å²) in [5.41, 5.74) is 5.00. The van der Waals surface area contributed by atoms with Crippen molar-refractivity contribution in [3.63, 3.8) is 0 Å². The average Bonchev–Trinajstić information content (AvgIpc) is 2.76. The average molecular weight is 371 g/mol. The minimum absolute atomic E-state index is 0.128. The van der Waals surface area contributed by atoms with E-state index in [1.54, 1.807) is 0 Å². The van der Waals surface area contributed by atoms with Crippen molar-refractivity contribution in [2.45, 2.75) is 32.6 Å². The van der Waals surface area contributed by atoms with Gasteiger partial charge in [-0.1, -0.05) is 48.0 Å². The Labute approximate surface area is 166 Å². The predicted octanol–water partition coefficient (Wildman–Crippen LogP) is 4.78. The smallest absolute Gasteiger partial charge is 0.254 e. The first-order valence-electron chi connectivity index (χ1n) is 9.87. The zero-order valence-electron chi connectivity index (χ0n) is 16.4. The van der Waals surface area contributed by atoms with Crippen LogP contribution < -0.4 is 0 Å². The van der Waals surface area contributed by atoms with Gasteiger partial charge in [0.1, 0.15) is 0 Å². The first-order valence-corrected chi connectivity index (χ1v) is 9.87. The van der Waals surface area contributed by atoms with Crippen molar-refractivity contribution in [3.05, 3.63) is 83.2 Å². The van der Waals surface area contributed by atoms with Gasteiger partial charge in [0.25, 0.3) is 5.91 Å². The largest absolute Gasteiger partial charge is 0.338 e. The van der Waals surface area contributed by atoms with Gasteiger partial charge in [0.2, 0.25) is 0 Å². The molecule has 4 nitrogen and oxygen atoms in total. The van der Waals surface area contributed by atoms with Gasteiger partial charge in [-0.2, -0.15) is 0 Å². The molecule has 3 aromatic rings. The Morgan fingerprint density at radius 1 is 1.07 bits per heavy atom. The van der Waals surface area contributed by atoms with Crippen LogP contribution in [0.15, 0.2) is 60.8 Å². The molecule has 1 amide bonds. The van der Waals surface area contributed by atoms with Gasteiger partial charge in [0, 0.05) is 42.0 Å². The summed E-state index contributed by atoms with van der Waals surface area (Å²) in [6.07, 6.45) is 3.86. The van der Waals surface area contributed by atoms with E-state index >= 15 is 0 Å². The van der Waals surface area contributed by atoms with E-state index in [0.29, 0.717) is 6.54 Å². The van der Waals surface area contributed by atoms with E-state index in [9.17, 15) is 4.79 Å². The van der Waals surface area contributed by atoms with E-state index in [1.807, 2.05) is 73.5 Å². The van der Waals surface area contributed by atoms with Crippen molar-refractivity contribution in [1.82, 2.24) is 14.9 Å². The van der Waals surface area contributed by atoms with Gasteiger partial charge in [0.05, 0.1) is 0 Å². The number of hydrogen-bond donors (Lipinski definition) is 0. The number of aromatic nitrogens is 2. The first kappa shape index (κ1) is 18.4. The highest BCUT2D eigenvalue weighted by Crippen LogP contribution is 2.28. The van der Waals surface area contributed by atoms with Crippen LogP contribution in [0.2, 0.25) is 0 Å². The van der Waals surface area contributed by atoms with Gasteiger partial charge in [-0.3, -0.25) is 4.79 Å². The van der Waals surface area contributed by atoms with Crippen molar-refractivity contribution < 1.29 is 4.79 Å². The van der Waals surface area contributed by atoms with Crippen LogP contribution in [-0.2, 0) is 0 Å². The fourth-order valence-corrected chi connectivity index (χ4v) is 3.87. The summed E-state index contributed by atoms with van der Waals surface area (Å²) in [7, 11) is 0. The third kappa shape index (κ3) is 3.81. The molecule has 0 spiro atoms. The third-order valence-corrected chi connectivity index (χ3v) is 5.46. The summed E-state index contributed by atoms with van der Waals surface area (Å²) in [6, 6.07) is 18.1. The van der Waals surface area contributed by atoms with Crippen molar-refractivity contribution in [1.29, 1.82) is 0 Å². The molecule has 4 heteroatoms. The molecular weight excluding hydrogens is 346 g/mol. The first-order chi connectivity index (χ1) is 13.6. The van der Waals surface area contributed by atoms with E-state index in [1.165, 1.54) is 0 Å². The molecule has 1 aliphatic rings. The molecule has 1 aromatic heterocycles. The number of rotatable bonds is 3. The standard InChI is InChI=1S/C24H25N3O/c1-17-10-11-18(2)21(15-17)24(28)27-14-6-9-20(16-27)22-12-13-25-23(26-22)19-7-4-3-5-8-19/h3-5,7-8,10-13,15,20H,6,9,14,16H2,1-2H3/t20-/m0/s1. The number of hydrogen-bond acceptors (Lipinski definition) is 3. The Balaban J connectivity index is 1.56. The Bertz CT molecular complexity index is 984. The van der Waals surface area contributed by atoms with Crippen LogP contribution in [0.25, 0.3) is 11.4 Å². The van der Waals surface area contributed by atoms with E-state index in [2.05, 4.69) is 11.1 Å². The van der Waals surface area contributed by atoms with E-state index in [4.69, 9.17) is 4.98 Å². The number of benzene rings is 2. The summed E-state index contributed by atoms with van der Waals surface area (Å²) < 4.78 is 0. The minimum Gasteiger partial charge on any atom is -0.338 e. The SMILES string of the molecule is Cc1ccc(C)c(C(=O)N2CCC[C@H](c3ccnc(-c4ccccc4)n3)C2)c1. The van der Waals surface area contributed by atoms with Gasteiger partial charge in [0.15, 0.2) is 5.82 Å². The maximum absolute atomic E-state index is 13.1. The van der Waals surface area contributed by atoms with Crippen molar-refractivity contribution in [2.24, 2.45) is 0 Å². The van der Waals surface area contributed by atoms with Gasteiger partial charge < -0.3 is 4.90 Å². The Hall–Kier alpha value is -3.01. The molecule has 28 heavy (non-hydrogen) atoms. The fraction of sp³-hybridized carbons (Fsp3) is 0.292. The maximum atomic E-state index is 13.1. The highest BCUT2D eigenvalue weighted by atomic mass is 16.2. The molecule has 1 atom stereocenters. The Morgan fingerprint density at radius 3 is 2.71 bits per heavy atom. The van der Waals surface area contributed by atoms with Crippen LogP contribution in [0.1, 0.15) is 45.9 Å². The molecule has 0 N–H and O–H groups in total. The number of carbonyl (C=O) groups is 1. The van der Waals surface area contributed by atoms with E-state index in [0.717, 1.165) is 53.2 Å². The number of piperidine rings is 1. The van der Waals surface area contributed by atoms with E-state index < -0.39 is 0 Å². The molecule has 1 aliphatic heterocycles. The molecule has 4 rings (SSSR count). The van der Waals surface area contributed by atoms with Crippen molar-refractivity contribution in [3.8, 4) is 11.4 Å². The van der Waals surface area contributed by atoms with Crippen LogP contribution >= 0.6 is 0 Å². The summed E-state index contributed by atoms with van der Waals surface area (Å²) >= 11 is 0. The number of nitrogens with zero attached hydrogens (tertiary/aromatic N) is 3. The molecule has 2 aromatic carbocycles. The molecule has 2 heterocycles. The fourth-order valence-electron chi connectivity index (χ4n) is 3.87. The molecule has 1 saturated heterocycles. The quantitative estimate of drug-likeness (QED) is 0.666. The molecule has 0 saturated carbocycles. The summed E-state index contributed by atoms with van der Waals surface area (Å²) in [6.45, 7) is 5.54. The molecule has 1 fully saturated rings. The second kappa shape index (κ2) is 7.93. The molecule has 0 radical (unpaired) electrons. The van der Waals surface area contributed by atoms with Gasteiger partial charge >= 0.3 is 0 Å². The second-order valence-corrected chi connectivity index (χ2v) is 7.58. The van der Waals surface area contributed by atoms with Gasteiger partial charge in [-0.25, -0.2) is 9.97 Å². The highest BCUT2D eigenvalue weighted by molar-refractivity contribution is 5.96. The zero-order valence-corrected chi connectivity index (χ0v) is 16.4. The molecule has 0 bridgehead atoms. The van der Waals surface area contributed by atoms with Crippen molar-refractivity contribution in [2.75, 3.05) is 13.1 Å². The summed E-state index contributed by atoms with van der Waals surface area (Å²) in [4.78, 5) is 24.4. The second-order valence-electron chi connectivity index (χ2n) is 7.58. The van der Waals surface area contributed by atoms with Crippen LogP contribution in [0, 0.1) is 13.8 Å². The Morgan fingerprint density at radius 2 is 1.89 bits per heavy atom. The van der Waals surface area contributed by atoms with Gasteiger partial charge in [-0.05, 0) is 44.4 Å². The normalized spacial score (nSPS) is 16.8. The van der Waals surface area contributed by atoms with Crippen LogP contribution in [0.5, 0.6) is 0 Å². The monoisotopic (exact) mass is 371 g/mol. The number of amides is 1. The van der Waals surface area contributed by atoms with Crippen LogP contribution in [0.3, 0.4) is 0 Å². The Kier molecular flexibility index (Phi) is 5.20. The molecule has 0 unspecified atom stereocenters. The minimum atomic E-state index is 0.128. The molecular formula is C24H25N3O. The van der Waals surface area contributed by atoms with E-state index in [-0.39, 0.29) is 11.8 Å². The third-order valence-electron chi connectivity index (χ3n) is 5.46. The highest BCUT2D eigenvalue weighted by Gasteiger charge is 2.27. The lowest BCUT2D eigenvalue weighted by molar-refractivity contribution is 0.0705. The topological polar surface area (TPSA) is 46.1 Å². The lowest BCUT2D eigenvalue weighted by Crippen LogP contribution is -2.39.